The summed E-state index contributed by atoms with van der Waals surface area (Å²) < 4.78 is 5.03. The number of phenols is 1. The Bertz CT molecular complexity index is 728. The first-order chi connectivity index (χ1) is 12.0. The Balaban J connectivity index is 1.94. The maximum Gasteiger partial charge on any atom is 0.342 e. The van der Waals surface area contributed by atoms with E-state index in [-0.39, 0.29) is 29.9 Å². The van der Waals surface area contributed by atoms with Crippen LogP contribution < -0.4 is 5.32 Å². The van der Waals surface area contributed by atoms with E-state index in [4.69, 9.17) is 4.74 Å². The number of phenolic OH excluding ortho intramolecular Hbond substituents is 1. The molecule has 0 radical (unpaired) electrons. The number of hydrogen-bond donors (Lipinski definition) is 2. The van der Waals surface area contributed by atoms with Gasteiger partial charge in [-0.05, 0) is 31.0 Å². The summed E-state index contributed by atoms with van der Waals surface area (Å²) in [6.07, 6.45) is 1.71. The van der Waals surface area contributed by atoms with Crippen LogP contribution in [-0.4, -0.2) is 23.6 Å². The van der Waals surface area contributed by atoms with Crippen molar-refractivity contribution in [2.75, 3.05) is 6.61 Å². The van der Waals surface area contributed by atoms with Crippen LogP contribution in [0.2, 0.25) is 0 Å². The zero-order valence-electron chi connectivity index (χ0n) is 14.5. The summed E-state index contributed by atoms with van der Waals surface area (Å²) in [6, 6.07) is 14.2. The van der Waals surface area contributed by atoms with Crippen molar-refractivity contribution in [2.24, 2.45) is 0 Å². The molecule has 0 saturated carbocycles. The van der Waals surface area contributed by atoms with E-state index in [2.05, 4.69) is 5.32 Å². The van der Waals surface area contributed by atoms with Gasteiger partial charge in [0, 0.05) is 0 Å². The average molecular weight is 341 g/mol. The van der Waals surface area contributed by atoms with Gasteiger partial charge in [0.05, 0.1) is 6.04 Å². The topological polar surface area (TPSA) is 75.6 Å². The number of aromatic hydroxyl groups is 1. The van der Waals surface area contributed by atoms with Crippen LogP contribution in [0.1, 0.15) is 47.3 Å². The van der Waals surface area contributed by atoms with Crippen LogP contribution in [0, 0.1) is 6.92 Å². The highest BCUT2D eigenvalue weighted by Crippen LogP contribution is 2.20. The van der Waals surface area contributed by atoms with Gasteiger partial charge in [-0.15, -0.1) is 0 Å². The van der Waals surface area contributed by atoms with Crippen molar-refractivity contribution in [3.8, 4) is 5.75 Å². The van der Waals surface area contributed by atoms with Crippen molar-refractivity contribution in [2.45, 2.75) is 32.7 Å². The van der Waals surface area contributed by atoms with E-state index in [1.54, 1.807) is 13.0 Å². The largest absolute Gasteiger partial charge is 0.507 e. The van der Waals surface area contributed by atoms with Crippen molar-refractivity contribution in [3.05, 3.63) is 65.2 Å². The Morgan fingerprint density at radius 1 is 1.16 bits per heavy atom. The van der Waals surface area contributed by atoms with Gasteiger partial charge in [-0.3, -0.25) is 4.79 Å². The highest BCUT2D eigenvalue weighted by Gasteiger charge is 2.17. The smallest absolute Gasteiger partial charge is 0.342 e. The van der Waals surface area contributed by atoms with Crippen LogP contribution >= 0.6 is 0 Å². The molecule has 0 aliphatic rings. The molecule has 2 N–H and O–H groups in total. The maximum atomic E-state index is 12.1. The second kappa shape index (κ2) is 8.87. The molecule has 0 aliphatic heterocycles. The summed E-state index contributed by atoms with van der Waals surface area (Å²) in [5, 5.41) is 12.6. The van der Waals surface area contributed by atoms with E-state index >= 15 is 0 Å². The molecule has 5 nitrogen and oxygen atoms in total. The van der Waals surface area contributed by atoms with E-state index in [9.17, 15) is 14.7 Å². The lowest BCUT2D eigenvalue weighted by atomic mass is 10.0. The molecule has 25 heavy (non-hydrogen) atoms. The van der Waals surface area contributed by atoms with Gasteiger partial charge in [-0.25, -0.2) is 4.79 Å². The molecule has 0 aromatic heterocycles. The SMILES string of the molecule is CCC[C@@H](NC(=O)COC(=O)c1cc(C)ccc1O)c1ccccc1. The Hall–Kier alpha value is -2.82. The molecule has 132 valence electrons. The highest BCUT2D eigenvalue weighted by atomic mass is 16.5. The molecule has 0 aliphatic carbocycles. The van der Waals surface area contributed by atoms with Gasteiger partial charge in [0.25, 0.3) is 5.91 Å². The lowest BCUT2D eigenvalue weighted by Crippen LogP contribution is -2.32. The zero-order valence-corrected chi connectivity index (χ0v) is 14.5. The number of benzene rings is 2. The zero-order chi connectivity index (χ0) is 18.2. The monoisotopic (exact) mass is 341 g/mol. The van der Waals surface area contributed by atoms with Gasteiger partial charge in [-0.1, -0.05) is 55.3 Å². The molecule has 0 fully saturated rings. The third-order valence-corrected chi connectivity index (χ3v) is 3.82. The molecule has 5 heteroatoms. The maximum absolute atomic E-state index is 12.1. The second-order valence-corrected chi connectivity index (χ2v) is 5.92. The first kappa shape index (κ1) is 18.5. The molecule has 2 aromatic rings. The van der Waals surface area contributed by atoms with Crippen LogP contribution in [0.15, 0.2) is 48.5 Å². The van der Waals surface area contributed by atoms with Crippen LogP contribution in [0.4, 0.5) is 0 Å². The Morgan fingerprint density at radius 3 is 2.56 bits per heavy atom. The van der Waals surface area contributed by atoms with Crippen molar-refractivity contribution in [1.29, 1.82) is 0 Å². The fourth-order valence-electron chi connectivity index (χ4n) is 2.55. The number of aryl methyl sites for hydroxylation is 1. The van der Waals surface area contributed by atoms with E-state index < -0.39 is 5.97 Å². The van der Waals surface area contributed by atoms with Crippen molar-refractivity contribution >= 4 is 11.9 Å². The summed E-state index contributed by atoms with van der Waals surface area (Å²) >= 11 is 0. The lowest BCUT2D eigenvalue weighted by Gasteiger charge is -2.18. The molecular weight excluding hydrogens is 318 g/mol. The predicted octanol–water partition coefficient (Wildman–Crippen LogP) is 3.52. The summed E-state index contributed by atoms with van der Waals surface area (Å²) in [7, 11) is 0. The van der Waals surface area contributed by atoms with Crippen molar-refractivity contribution in [3.63, 3.8) is 0 Å². The molecule has 1 amide bonds. The standard InChI is InChI=1S/C20H23NO4/c1-3-7-17(15-8-5-4-6-9-15)21-19(23)13-25-20(24)16-12-14(2)10-11-18(16)22/h4-6,8-12,17,22H,3,7,13H2,1-2H3,(H,21,23)/t17-/m1/s1. The Kier molecular flexibility index (Phi) is 6.57. The van der Waals surface area contributed by atoms with Gasteiger partial charge >= 0.3 is 5.97 Å². The Labute approximate surface area is 147 Å². The molecule has 0 unspecified atom stereocenters. The highest BCUT2D eigenvalue weighted by molar-refractivity contribution is 5.94. The number of carbonyl (C=O) groups is 2. The molecule has 0 bridgehead atoms. The molecule has 0 saturated heterocycles. The Morgan fingerprint density at radius 2 is 1.88 bits per heavy atom. The van der Waals surface area contributed by atoms with E-state index in [1.165, 1.54) is 12.1 Å². The van der Waals surface area contributed by atoms with E-state index in [0.29, 0.717) is 0 Å². The number of rotatable bonds is 7. The molecule has 0 spiro atoms. The number of amides is 1. The molecule has 0 heterocycles. The van der Waals surface area contributed by atoms with Crippen molar-refractivity contribution < 1.29 is 19.4 Å². The first-order valence-electron chi connectivity index (χ1n) is 8.32. The summed E-state index contributed by atoms with van der Waals surface area (Å²) in [4.78, 5) is 24.2. The third kappa shape index (κ3) is 5.35. The normalized spacial score (nSPS) is 11.6. The fraction of sp³-hybridized carbons (Fsp3) is 0.300. The summed E-state index contributed by atoms with van der Waals surface area (Å²) in [5.41, 5.74) is 1.89. The van der Waals surface area contributed by atoms with Gasteiger partial charge in [-0.2, -0.15) is 0 Å². The fourth-order valence-corrected chi connectivity index (χ4v) is 2.55. The summed E-state index contributed by atoms with van der Waals surface area (Å²) in [5.74, 6) is -1.25. The average Bonchev–Trinajstić information content (AvgIpc) is 2.62. The number of ether oxygens (including phenoxy) is 1. The number of nitrogens with one attached hydrogen (secondary N) is 1. The molecule has 1 atom stereocenters. The third-order valence-electron chi connectivity index (χ3n) is 3.82. The van der Waals surface area contributed by atoms with Gasteiger partial charge in [0.15, 0.2) is 6.61 Å². The van der Waals surface area contributed by atoms with Gasteiger partial charge in [0.2, 0.25) is 0 Å². The quantitative estimate of drug-likeness (QED) is 0.756. The summed E-state index contributed by atoms with van der Waals surface area (Å²) in [6.45, 7) is 3.46. The molecule has 2 rings (SSSR count). The minimum absolute atomic E-state index is 0.0565. The number of esters is 1. The van der Waals surface area contributed by atoms with Crippen LogP contribution in [0.5, 0.6) is 5.75 Å². The minimum Gasteiger partial charge on any atom is -0.507 e. The van der Waals surface area contributed by atoms with E-state index in [0.717, 1.165) is 24.0 Å². The predicted molar refractivity (Wildman–Crippen MR) is 95.4 cm³/mol. The minimum atomic E-state index is -0.719. The van der Waals surface area contributed by atoms with Crippen LogP contribution in [-0.2, 0) is 9.53 Å². The van der Waals surface area contributed by atoms with Crippen LogP contribution in [0.3, 0.4) is 0 Å². The van der Waals surface area contributed by atoms with E-state index in [1.807, 2.05) is 37.3 Å². The molecular formula is C20H23NO4. The second-order valence-electron chi connectivity index (χ2n) is 5.92. The van der Waals surface area contributed by atoms with Crippen LogP contribution in [0.25, 0.3) is 0 Å². The van der Waals surface area contributed by atoms with Gasteiger partial charge < -0.3 is 15.2 Å². The van der Waals surface area contributed by atoms with Gasteiger partial charge in [0.1, 0.15) is 11.3 Å². The van der Waals surface area contributed by atoms with Crippen molar-refractivity contribution in [1.82, 2.24) is 5.32 Å². The number of carbonyl (C=O) groups excluding carboxylic acids is 2. The number of hydrogen-bond acceptors (Lipinski definition) is 4. The molecule has 2 aromatic carbocycles. The lowest BCUT2D eigenvalue weighted by molar-refractivity contribution is -0.125. The first-order valence-corrected chi connectivity index (χ1v) is 8.32.